The fraction of sp³-hybridized carbons (Fsp3) is 0.333. The molecule has 3 nitrogen and oxygen atoms in total. The second-order valence-corrected chi connectivity index (χ2v) is 5.06. The van der Waals surface area contributed by atoms with Gasteiger partial charge in [-0.05, 0) is 22.3 Å². The van der Waals surface area contributed by atoms with Crippen LogP contribution in [0.1, 0.15) is 22.3 Å². The van der Waals surface area contributed by atoms with Gasteiger partial charge in [0.2, 0.25) is 0 Å². The number of rotatable bonds is 6. The lowest BCUT2D eigenvalue weighted by molar-refractivity contribution is 0.185. The maximum absolute atomic E-state index is 8.73. The largest absolute Gasteiger partial charge is 0.392 e. The molecule has 0 radical (unpaired) electrons. The lowest BCUT2D eigenvalue weighted by Crippen LogP contribution is -1.88. The van der Waals surface area contributed by atoms with Gasteiger partial charge in [0.15, 0.2) is 0 Å². The summed E-state index contributed by atoms with van der Waals surface area (Å²) in [5, 5.41) is 8.73. The van der Waals surface area contributed by atoms with Crippen molar-refractivity contribution in [3.63, 3.8) is 0 Å². The van der Waals surface area contributed by atoms with Crippen LogP contribution < -0.4 is 0 Å². The Morgan fingerprint density at radius 2 is 1.09 bits per heavy atom. The molecular weight excluding hydrogens is 300 g/mol. The third kappa shape index (κ3) is 7.05. The summed E-state index contributed by atoms with van der Waals surface area (Å²) in [7, 11) is 3.36. The molecule has 0 aromatic heterocycles. The Kier molecular flexibility index (Phi) is 9.51. The summed E-state index contributed by atoms with van der Waals surface area (Å²) < 4.78 is 9.91. The Bertz CT molecular complexity index is 459. The summed E-state index contributed by atoms with van der Waals surface area (Å²) in [6.45, 7) is 1.40. The van der Waals surface area contributed by atoms with Crippen LogP contribution >= 0.6 is 11.6 Å². The Balaban J connectivity index is 0.000000220. The van der Waals surface area contributed by atoms with Crippen molar-refractivity contribution in [2.24, 2.45) is 0 Å². The van der Waals surface area contributed by atoms with Gasteiger partial charge in [0.1, 0.15) is 0 Å². The van der Waals surface area contributed by atoms with Crippen molar-refractivity contribution < 1.29 is 14.6 Å². The number of benzene rings is 2. The third-order valence-electron chi connectivity index (χ3n) is 3.00. The van der Waals surface area contributed by atoms with Crippen LogP contribution in [0.2, 0.25) is 0 Å². The molecule has 0 spiro atoms. The van der Waals surface area contributed by atoms with Crippen LogP contribution in [0.4, 0.5) is 0 Å². The van der Waals surface area contributed by atoms with E-state index in [1.165, 1.54) is 5.56 Å². The van der Waals surface area contributed by atoms with E-state index in [9.17, 15) is 0 Å². The minimum atomic E-state index is 0.104. The molecule has 0 saturated heterocycles. The molecule has 22 heavy (non-hydrogen) atoms. The average molecular weight is 323 g/mol. The number of aliphatic hydroxyl groups excluding tert-OH is 1. The van der Waals surface area contributed by atoms with Crippen molar-refractivity contribution in [2.45, 2.75) is 25.7 Å². The molecule has 4 heteroatoms. The summed E-state index contributed by atoms with van der Waals surface area (Å²) in [6.07, 6.45) is 0. The molecule has 2 aromatic carbocycles. The molecule has 0 atom stereocenters. The van der Waals surface area contributed by atoms with Gasteiger partial charge in [0.25, 0.3) is 0 Å². The molecule has 0 aliphatic heterocycles. The molecule has 0 saturated carbocycles. The minimum absolute atomic E-state index is 0.104. The van der Waals surface area contributed by atoms with E-state index in [2.05, 4.69) is 0 Å². The van der Waals surface area contributed by atoms with Gasteiger partial charge in [-0.2, -0.15) is 0 Å². The minimum Gasteiger partial charge on any atom is -0.392 e. The van der Waals surface area contributed by atoms with Crippen LogP contribution in [-0.2, 0) is 35.2 Å². The fourth-order valence-electron chi connectivity index (χ4n) is 1.80. The monoisotopic (exact) mass is 322 g/mol. The van der Waals surface area contributed by atoms with Gasteiger partial charge in [-0.1, -0.05) is 48.5 Å². The zero-order valence-corrected chi connectivity index (χ0v) is 13.8. The molecule has 0 bridgehead atoms. The summed E-state index contributed by atoms with van der Waals surface area (Å²) in [6, 6.07) is 15.8. The fourth-order valence-corrected chi connectivity index (χ4v) is 1.98. The smallest absolute Gasteiger partial charge is 0.0713 e. The Morgan fingerprint density at radius 3 is 1.41 bits per heavy atom. The molecule has 0 aliphatic carbocycles. The van der Waals surface area contributed by atoms with Gasteiger partial charge in [0.05, 0.1) is 19.8 Å². The molecule has 0 fully saturated rings. The van der Waals surface area contributed by atoms with Gasteiger partial charge in [-0.15, -0.1) is 11.6 Å². The van der Waals surface area contributed by atoms with Crippen molar-refractivity contribution >= 4 is 11.6 Å². The van der Waals surface area contributed by atoms with Crippen molar-refractivity contribution in [2.75, 3.05) is 14.2 Å². The molecule has 0 amide bonds. The number of ether oxygens (including phenoxy) is 2. The first-order chi connectivity index (χ1) is 10.7. The summed E-state index contributed by atoms with van der Waals surface area (Å²) in [5.74, 6) is 0.577. The molecule has 120 valence electrons. The summed E-state index contributed by atoms with van der Waals surface area (Å²) >= 11 is 5.63. The van der Waals surface area contributed by atoms with Crippen molar-refractivity contribution in [3.8, 4) is 0 Å². The topological polar surface area (TPSA) is 38.7 Å². The van der Waals surface area contributed by atoms with Gasteiger partial charge in [0, 0.05) is 20.1 Å². The molecule has 1 N–H and O–H groups in total. The van der Waals surface area contributed by atoms with Crippen LogP contribution in [0.25, 0.3) is 0 Å². The SMILES string of the molecule is COCc1ccc(CCl)cc1.COCc1ccc(CO)cc1. The highest BCUT2D eigenvalue weighted by Gasteiger charge is 1.92. The summed E-state index contributed by atoms with van der Waals surface area (Å²) in [5.41, 5.74) is 4.39. The number of alkyl halides is 1. The third-order valence-corrected chi connectivity index (χ3v) is 3.31. The van der Waals surface area contributed by atoms with Crippen LogP contribution in [0.3, 0.4) is 0 Å². The number of hydrogen-bond donors (Lipinski definition) is 1. The Morgan fingerprint density at radius 1 is 0.727 bits per heavy atom. The van der Waals surface area contributed by atoms with Gasteiger partial charge in [-0.3, -0.25) is 0 Å². The van der Waals surface area contributed by atoms with Crippen molar-refractivity contribution in [3.05, 3.63) is 70.8 Å². The molecule has 0 aliphatic rings. The lowest BCUT2D eigenvalue weighted by Gasteiger charge is -1.99. The first-order valence-electron chi connectivity index (χ1n) is 7.03. The highest BCUT2D eigenvalue weighted by atomic mass is 35.5. The van der Waals surface area contributed by atoms with Crippen LogP contribution in [0.15, 0.2) is 48.5 Å². The van der Waals surface area contributed by atoms with E-state index in [4.69, 9.17) is 26.2 Å². The van der Waals surface area contributed by atoms with Crippen molar-refractivity contribution in [1.82, 2.24) is 0 Å². The summed E-state index contributed by atoms with van der Waals surface area (Å²) in [4.78, 5) is 0. The highest BCUT2D eigenvalue weighted by molar-refractivity contribution is 6.17. The van der Waals surface area contributed by atoms with E-state index in [0.29, 0.717) is 19.1 Å². The molecule has 0 unspecified atom stereocenters. The van der Waals surface area contributed by atoms with E-state index in [1.807, 2.05) is 48.5 Å². The molecule has 2 rings (SSSR count). The molecule has 2 aromatic rings. The second-order valence-electron chi connectivity index (χ2n) is 4.79. The van der Waals surface area contributed by atoms with Gasteiger partial charge >= 0.3 is 0 Å². The van der Waals surface area contributed by atoms with E-state index in [-0.39, 0.29) is 6.61 Å². The second kappa shape index (κ2) is 11.2. The maximum Gasteiger partial charge on any atom is 0.0713 e. The first-order valence-corrected chi connectivity index (χ1v) is 7.57. The standard InChI is InChI=1S/C9H11ClO.C9H12O2/c2*1-11-7-9-4-2-8(6-10)3-5-9/h2-5H,6-7H2,1H3;2-5,10H,6-7H2,1H3. The normalized spacial score (nSPS) is 10.0. The zero-order valence-electron chi connectivity index (χ0n) is 13.1. The molecular formula is C18H23ClO3. The lowest BCUT2D eigenvalue weighted by atomic mass is 10.1. The Labute approximate surface area is 137 Å². The van der Waals surface area contributed by atoms with Crippen molar-refractivity contribution in [1.29, 1.82) is 0 Å². The van der Waals surface area contributed by atoms with Gasteiger partial charge in [-0.25, -0.2) is 0 Å². The number of aliphatic hydroxyl groups is 1. The number of methoxy groups -OCH3 is 2. The van der Waals surface area contributed by atoms with Gasteiger partial charge < -0.3 is 14.6 Å². The van der Waals surface area contributed by atoms with Crippen LogP contribution in [0, 0.1) is 0 Å². The zero-order chi connectivity index (χ0) is 16.2. The quantitative estimate of drug-likeness (QED) is 0.820. The number of hydrogen-bond acceptors (Lipinski definition) is 3. The van der Waals surface area contributed by atoms with Crippen LogP contribution in [0.5, 0.6) is 0 Å². The molecule has 0 heterocycles. The van der Waals surface area contributed by atoms with E-state index in [1.54, 1.807) is 14.2 Å². The Hall–Kier alpha value is -1.39. The van der Waals surface area contributed by atoms with E-state index >= 15 is 0 Å². The predicted octanol–water partition coefficient (Wildman–Crippen LogP) is 3.90. The predicted molar refractivity (Wildman–Crippen MR) is 89.8 cm³/mol. The average Bonchev–Trinajstić information content (AvgIpc) is 2.57. The highest BCUT2D eigenvalue weighted by Crippen LogP contribution is 2.07. The first kappa shape index (κ1) is 18.7. The van der Waals surface area contributed by atoms with Crippen LogP contribution in [-0.4, -0.2) is 19.3 Å². The maximum atomic E-state index is 8.73. The van der Waals surface area contributed by atoms with E-state index in [0.717, 1.165) is 16.7 Å². The van der Waals surface area contributed by atoms with E-state index < -0.39 is 0 Å². The number of halogens is 1.